The van der Waals surface area contributed by atoms with E-state index in [2.05, 4.69) is 15.3 Å². The van der Waals surface area contributed by atoms with Crippen LogP contribution in [0, 0.1) is 0 Å². The number of nitrogens with one attached hydrogen (secondary N) is 1. The van der Waals surface area contributed by atoms with Crippen LogP contribution in [0.5, 0.6) is 11.5 Å². The first-order chi connectivity index (χ1) is 27.1. The lowest BCUT2D eigenvalue weighted by Crippen LogP contribution is -2.46. The number of carbonyl (C=O) groups is 3. The monoisotopic (exact) mass is 812 g/mol. The Morgan fingerprint density at radius 2 is 1.40 bits per heavy atom. The van der Waals surface area contributed by atoms with E-state index in [0.717, 1.165) is 0 Å². The highest BCUT2D eigenvalue weighted by Crippen LogP contribution is 2.42. The molecule has 1 amide bonds. The SMILES string of the molecule is CCOC(=O)CCCOc1ccc2c(c1)[C@@H](Nc1ncc(OCCCC(=O)OCC)c(Cc3cc(C(F)(F)F)cc(C(F)(F)F)c3)n1)C[C@@H](CC)N2C(=O)OCC. The highest BCUT2D eigenvalue weighted by Gasteiger charge is 2.38. The molecule has 0 aliphatic carbocycles. The molecule has 2 atom stereocenters. The standard InChI is InChI=1S/C39H46F6N4O8/c1-5-27-21-30(29-22-28(56-15-9-11-34(50)53-6-2)13-14-32(29)49(27)37(52)55-8-4)47-36-46-23-33(57-16-10-12-35(51)54-7-3)31(48-36)19-24-17-25(38(40,41)42)20-26(18-24)39(43,44)45/h13-14,17-18,20,22-23,27,30H,5-12,15-16,19,21H2,1-4H3,(H,46,47,48)/t27-,30+/m1/s1. The molecule has 57 heavy (non-hydrogen) atoms. The summed E-state index contributed by atoms with van der Waals surface area (Å²) in [5.74, 6) is -0.430. The van der Waals surface area contributed by atoms with Crippen molar-refractivity contribution in [2.75, 3.05) is 43.3 Å². The molecule has 0 spiro atoms. The number of alkyl halides is 6. The molecule has 0 unspecified atom stereocenters. The molecule has 1 aliphatic heterocycles. The van der Waals surface area contributed by atoms with Crippen molar-refractivity contribution in [2.24, 2.45) is 0 Å². The zero-order valence-electron chi connectivity index (χ0n) is 32.1. The molecule has 3 aromatic rings. The van der Waals surface area contributed by atoms with Crippen LogP contribution in [0.15, 0.2) is 42.6 Å². The van der Waals surface area contributed by atoms with Gasteiger partial charge in [-0.15, -0.1) is 0 Å². The summed E-state index contributed by atoms with van der Waals surface area (Å²) >= 11 is 0. The predicted molar refractivity (Wildman–Crippen MR) is 195 cm³/mol. The van der Waals surface area contributed by atoms with Crippen LogP contribution < -0.4 is 19.7 Å². The highest BCUT2D eigenvalue weighted by molar-refractivity contribution is 5.90. The molecule has 0 saturated heterocycles. The molecule has 12 nitrogen and oxygen atoms in total. The van der Waals surface area contributed by atoms with Gasteiger partial charge in [0.05, 0.1) is 67.8 Å². The Morgan fingerprint density at radius 1 is 0.807 bits per heavy atom. The van der Waals surface area contributed by atoms with Crippen LogP contribution in [-0.2, 0) is 42.6 Å². The molecule has 1 aliphatic rings. The van der Waals surface area contributed by atoms with Gasteiger partial charge in [-0.25, -0.2) is 14.8 Å². The number of ether oxygens (including phenoxy) is 5. The van der Waals surface area contributed by atoms with Gasteiger partial charge in [-0.05, 0) is 88.4 Å². The van der Waals surface area contributed by atoms with Crippen molar-refractivity contribution in [3.8, 4) is 11.5 Å². The lowest BCUT2D eigenvalue weighted by molar-refractivity contribution is -0.144. The summed E-state index contributed by atoms with van der Waals surface area (Å²) < 4.78 is 110. The molecule has 4 rings (SSSR count). The summed E-state index contributed by atoms with van der Waals surface area (Å²) in [5, 5.41) is 3.24. The molecule has 0 bridgehead atoms. The van der Waals surface area contributed by atoms with Crippen LogP contribution in [0.1, 0.15) is 100 Å². The van der Waals surface area contributed by atoms with E-state index in [-0.39, 0.29) is 93.3 Å². The van der Waals surface area contributed by atoms with E-state index in [9.17, 15) is 40.7 Å². The van der Waals surface area contributed by atoms with Crippen LogP contribution >= 0.6 is 0 Å². The Kier molecular flexibility index (Phi) is 15.8. The number of benzene rings is 2. The van der Waals surface area contributed by atoms with Crippen LogP contribution in [0.3, 0.4) is 0 Å². The molecule has 2 aromatic carbocycles. The molecule has 0 saturated carbocycles. The number of esters is 2. The first-order valence-electron chi connectivity index (χ1n) is 18.6. The lowest BCUT2D eigenvalue weighted by atomic mass is 9.90. The molecule has 18 heteroatoms. The third kappa shape index (κ3) is 12.6. The molecular formula is C39H46F6N4O8. The van der Waals surface area contributed by atoms with Gasteiger partial charge < -0.3 is 29.0 Å². The zero-order valence-corrected chi connectivity index (χ0v) is 32.1. The van der Waals surface area contributed by atoms with E-state index in [1.165, 1.54) is 6.20 Å². The van der Waals surface area contributed by atoms with E-state index in [1.807, 2.05) is 6.92 Å². The second-order valence-corrected chi connectivity index (χ2v) is 12.9. The summed E-state index contributed by atoms with van der Waals surface area (Å²) in [4.78, 5) is 47.3. The van der Waals surface area contributed by atoms with Crippen LogP contribution in [0.2, 0.25) is 0 Å². The normalized spacial score (nSPS) is 15.4. The van der Waals surface area contributed by atoms with Crippen LogP contribution in [-0.4, -0.2) is 67.1 Å². The Labute approximate surface area is 326 Å². The Bertz CT molecular complexity index is 1810. The summed E-state index contributed by atoms with van der Waals surface area (Å²) in [6, 6.07) is 5.45. The first-order valence-corrected chi connectivity index (χ1v) is 18.6. The fourth-order valence-corrected chi connectivity index (χ4v) is 6.21. The maximum Gasteiger partial charge on any atom is 0.416 e. The zero-order chi connectivity index (χ0) is 41.8. The number of carbonyl (C=O) groups excluding carboxylic acids is 3. The van der Waals surface area contributed by atoms with Crippen molar-refractivity contribution in [3.05, 3.63) is 70.5 Å². The quantitative estimate of drug-likeness (QED) is 0.0571. The summed E-state index contributed by atoms with van der Waals surface area (Å²) in [7, 11) is 0. The van der Waals surface area contributed by atoms with Gasteiger partial charge in [-0.2, -0.15) is 26.3 Å². The van der Waals surface area contributed by atoms with Gasteiger partial charge in [-0.3, -0.25) is 14.5 Å². The largest absolute Gasteiger partial charge is 0.494 e. The van der Waals surface area contributed by atoms with Gasteiger partial charge in [0.1, 0.15) is 5.75 Å². The Morgan fingerprint density at radius 3 is 1.96 bits per heavy atom. The average Bonchev–Trinajstić information content (AvgIpc) is 3.15. The number of hydrogen-bond acceptors (Lipinski definition) is 11. The van der Waals surface area contributed by atoms with Crippen molar-refractivity contribution >= 4 is 29.7 Å². The second-order valence-electron chi connectivity index (χ2n) is 12.9. The number of halogens is 6. The topological polar surface area (TPSA) is 138 Å². The van der Waals surface area contributed by atoms with E-state index in [0.29, 0.717) is 48.4 Å². The maximum absolute atomic E-state index is 13.8. The average molecular weight is 813 g/mol. The van der Waals surface area contributed by atoms with Crippen LogP contribution in [0.25, 0.3) is 0 Å². The molecule has 0 radical (unpaired) electrons. The maximum atomic E-state index is 13.8. The van der Waals surface area contributed by atoms with Crippen molar-refractivity contribution in [2.45, 2.75) is 97.1 Å². The molecule has 0 fully saturated rings. The number of nitrogens with zero attached hydrogens (tertiary/aromatic N) is 3. The Balaban J connectivity index is 1.71. The van der Waals surface area contributed by atoms with E-state index >= 15 is 0 Å². The fourth-order valence-electron chi connectivity index (χ4n) is 6.21. The van der Waals surface area contributed by atoms with Crippen molar-refractivity contribution < 1.29 is 64.4 Å². The minimum absolute atomic E-state index is 0.00579. The Hall–Kier alpha value is -5.29. The third-order valence-electron chi connectivity index (χ3n) is 8.78. The first kappa shape index (κ1) is 44.4. The number of aromatic nitrogens is 2. The molecule has 1 aromatic heterocycles. The van der Waals surface area contributed by atoms with Crippen LogP contribution in [0.4, 0.5) is 42.8 Å². The number of amides is 1. The third-order valence-corrected chi connectivity index (χ3v) is 8.78. The van der Waals surface area contributed by atoms with Crippen molar-refractivity contribution in [1.29, 1.82) is 0 Å². The van der Waals surface area contributed by atoms with Crippen molar-refractivity contribution in [1.82, 2.24) is 9.97 Å². The molecule has 2 heterocycles. The van der Waals surface area contributed by atoms with Gasteiger partial charge in [-0.1, -0.05) is 6.92 Å². The fraction of sp³-hybridized carbons (Fsp3) is 0.513. The van der Waals surface area contributed by atoms with E-state index in [4.69, 9.17) is 23.7 Å². The second kappa shape index (κ2) is 20.2. The number of fused-ring (bicyclic) bond motifs is 1. The number of anilines is 2. The summed E-state index contributed by atoms with van der Waals surface area (Å²) in [5.41, 5.74) is -2.22. The minimum atomic E-state index is -5.06. The minimum Gasteiger partial charge on any atom is -0.494 e. The lowest BCUT2D eigenvalue weighted by Gasteiger charge is -2.40. The highest BCUT2D eigenvalue weighted by atomic mass is 19.4. The summed E-state index contributed by atoms with van der Waals surface area (Å²) in [6.45, 7) is 7.65. The molecule has 312 valence electrons. The number of rotatable bonds is 18. The van der Waals surface area contributed by atoms with Gasteiger partial charge in [0.2, 0.25) is 5.95 Å². The smallest absolute Gasteiger partial charge is 0.416 e. The van der Waals surface area contributed by atoms with Gasteiger partial charge in [0.15, 0.2) is 5.75 Å². The summed E-state index contributed by atoms with van der Waals surface area (Å²) in [6.07, 6.45) is -8.36. The van der Waals surface area contributed by atoms with Gasteiger partial charge in [0.25, 0.3) is 0 Å². The van der Waals surface area contributed by atoms with Gasteiger partial charge >= 0.3 is 30.4 Å². The molecular weight excluding hydrogens is 766 g/mol. The number of hydrogen-bond donors (Lipinski definition) is 1. The van der Waals surface area contributed by atoms with Crippen molar-refractivity contribution in [3.63, 3.8) is 0 Å². The van der Waals surface area contributed by atoms with E-state index < -0.39 is 48.0 Å². The van der Waals surface area contributed by atoms with E-state index in [1.54, 1.807) is 43.9 Å². The molecule has 1 N–H and O–H groups in total. The predicted octanol–water partition coefficient (Wildman–Crippen LogP) is 8.85. The van der Waals surface area contributed by atoms with Gasteiger partial charge in [0, 0.05) is 30.9 Å².